The number of fused-ring (bicyclic) bond motifs is 1. The van der Waals surface area contributed by atoms with Gasteiger partial charge in [-0.1, -0.05) is 27.5 Å². The van der Waals surface area contributed by atoms with Gasteiger partial charge in [0.25, 0.3) is 0 Å². The first-order chi connectivity index (χ1) is 9.56. The van der Waals surface area contributed by atoms with E-state index < -0.39 is 0 Å². The molecular weight excluding hydrogens is 474 g/mol. The van der Waals surface area contributed by atoms with Crippen LogP contribution in [0.4, 0.5) is 0 Å². The molecule has 2 aromatic rings. The van der Waals surface area contributed by atoms with Crippen LogP contribution in [0.1, 0.15) is 22.1 Å². The van der Waals surface area contributed by atoms with Gasteiger partial charge < -0.3 is 4.74 Å². The van der Waals surface area contributed by atoms with Crippen molar-refractivity contribution in [3.63, 3.8) is 0 Å². The topological polar surface area (TPSA) is 9.23 Å². The third-order valence-electron chi connectivity index (χ3n) is 3.28. The Labute approximate surface area is 149 Å². The second-order valence-electron chi connectivity index (χ2n) is 4.61. The molecule has 1 aliphatic rings. The Hall–Kier alpha value is 0.0300. The highest BCUT2D eigenvalue weighted by atomic mass is 127. The number of hydrogen-bond acceptors (Lipinski definition) is 1. The summed E-state index contributed by atoms with van der Waals surface area (Å²) < 4.78 is 7.87. The van der Waals surface area contributed by atoms with Crippen LogP contribution in [0.3, 0.4) is 0 Å². The minimum atomic E-state index is -0.287. The van der Waals surface area contributed by atoms with Crippen molar-refractivity contribution in [2.24, 2.45) is 0 Å². The second kappa shape index (κ2) is 6.03. The summed E-state index contributed by atoms with van der Waals surface area (Å²) in [6, 6.07) is 9.98. The predicted molar refractivity (Wildman–Crippen MR) is 95.2 cm³/mol. The molecule has 0 amide bonds. The number of benzene rings is 2. The molecule has 1 unspecified atom stereocenters. The average molecular weight is 484 g/mol. The maximum atomic E-state index is 6.69. The molecule has 0 aliphatic carbocycles. The lowest BCUT2D eigenvalue weighted by Crippen LogP contribution is -1.99. The fraction of sp³-hybridized carbons (Fsp3) is 0.200. The van der Waals surface area contributed by atoms with Crippen molar-refractivity contribution in [3.05, 3.63) is 60.1 Å². The van der Waals surface area contributed by atoms with Crippen LogP contribution in [0, 0.1) is 3.57 Å². The number of alkyl halides is 1. The van der Waals surface area contributed by atoms with E-state index >= 15 is 0 Å². The van der Waals surface area contributed by atoms with Gasteiger partial charge in [-0.25, -0.2) is 0 Å². The van der Waals surface area contributed by atoms with Crippen LogP contribution in [0.15, 0.2) is 34.8 Å². The molecule has 0 bridgehead atoms. The Morgan fingerprint density at radius 3 is 2.80 bits per heavy atom. The Bertz CT molecular complexity index is 675. The van der Waals surface area contributed by atoms with Crippen molar-refractivity contribution in [1.29, 1.82) is 0 Å². The monoisotopic (exact) mass is 482 g/mol. The van der Waals surface area contributed by atoms with Crippen LogP contribution in [0.5, 0.6) is 5.75 Å². The smallest absolute Gasteiger partial charge is 0.127 e. The Balaban J connectivity index is 2.11. The fourth-order valence-electron chi connectivity index (χ4n) is 2.36. The van der Waals surface area contributed by atoms with E-state index in [0.717, 1.165) is 36.9 Å². The Morgan fingerprint density at radius 2 is 2.00 bits per heavy atom. The normalized spacial score (nSPS) is 14.8. The molecule has 1 nitrogen and oxygen atoms in total. The van der Waals surface area contributed by atoms with Gasteiger partial charge in [0.2, 0.25) is 0 Å². The van der Waals surface area contributed by atoms with Crippen molar-refractivity contribution < 1.29 is 4.74 Å². The molecule has 0 saturated heterocycles. The predicted octanol–water partition coefficient (Wildman–Crippen LogP) is 5.97. The second-order valence-corrected chi connectivity index (χ2v) is 7.58. The van der Waals surface area contributed by atoms with Crippen LogP contribution >= 0.6 is 61.7 Å². The summed E-state index contributed by atoms with van der Waals surface area (Å²) in [4.78, 5) is 0. The third-order valence-corrected chi connectivity index (χ3v) is 5.36. The van der Waals surface area contributed by atoms with Crippen LogP contribution in [-0.4, -0.2) is 6.61 Å². The fourth-order valence-corrected chi connectivity index (χ4v) is 4.08. The van der Waals surface area contributed by atoms with Gasteiger partial charge in [0.1, 0.15) is 5.75 Å². The summed E-state index contributed by atoms with van der Waals surface area (Å²) in [7, 11) is 0. The maximum absolute atomic E-state index is 6.69. The van der Waals surface area contributed by atoms with E-state index in [1.807, 2.05) is 24.3 Å². The number of rotatable bonds is 2. The summed E-state index contributed by atoms with van der Waals surface area (Å²) in [5, 5.41) is 0.418. The largest absolute Gasteiger partial charge is 0.493 e. The molecular formula is C15H10BrCl2IO. The SMILES string of the molecule is Clc1cc2c(c(C(Cl)c3cc(I)ccc3Br)c1)OCC2. The summed E-state index contributed by atoms with van der Waals surface area (Å²) in [5.41, 5.74) is 3.10. The lowest BCUT2D eigenvalue weighted by atomic mass is 10.0. The minimum Gasteiger partial charge on any atom is -0.493 e. The minimum absolute atomic E-state index is 0.287. The van der Waals surface area contributed by atoms with E-state index in [2.05, 4.69) is 44.6 Å². The van der Waals surface area contributed by atoms with Gasteiger partial charge in [-0.3, -0.25) is 0 Å². The van der Waals surface area contributed by atoms with Gasteiger partial charge in [-0.05, 0) is 64.0 Å². The first-order valence-electron chi connectivity index (χ1n) is 6.10. The lowest BCUT2D eigenvalue weighted by Gasteiger charge is -2.16. The first kappa shape index (κ1) is 14.9. The average Bonchev–Trinajstić information content (AvgIpc) is 2.87. The van der Waals surface area contributed by atoms with Crippen molar-refractivity contribution in [2.75, 3.05) is 6.61 Å². The van der Waals surface area contributed by atoms with Crippen molar-refractivity contribution in [2.45, 2.75) is 11.8 Å². The van der Waals surface area contributed by atoms with E-state index in [1.54, 1.807) is 0 Å². The molecule has 0 fully saturated rings. The van der Waals surface area contributed by atoms with Crippen LogP contribution in [0.2, 0.25) is 5.02 Å². The molecule has 0 radical (unpaired) electrons. The van der Waals surface area contributed by atoms with Gasteiger partial charge >= 0.3 is 0 Å². The summed E-state index contributed by atoms with van der Waals surface area (Å²) in [5.74, 6) is 0.889. The molecule has 5 heteroatoms. The van der Waals surface area contributed by atoms with Gasteiger partial charge in [-0.2, -0.15) is 0 Å². The zero-order valence-electron chi connectivity index (χ0n) is 10.3. The molecule has 104 valence electrons. The zero-order chi connectivity index (χ0) is 14.3. The summed E-state index contributed by atoms with van der Waals surface area (Å²) >= 11 is 18.7. The highest BCUT2D eigenvalue weighted by Gasteiger charge is 2.24. The first-order valence-corrected chi connectivity index (χ1v) is 8.79. The number of halogens is 4. The van der Waals surface area contributed by atoms with Gasteiger partial charge in [0, 0.05) is 25.0 Å². The van der Waals surface area contributed by atoms with Gasteiger partial charge in [-0.15, -0.1) is 11.6 Å². The Morgan fingerprint density at radius 1 is 1.20 bits per heavy atom. The van der Waals surface area contributed by atoms with Crippen molar-refractivity contribution >= 4 is 61.7 Å². The summed E-state index contributed by atoms with van der Waals surface area (Å²) in [6.07, 6.45) is 0.889. The number of hydrogen-bond donors (Lipinski definition) is 0. The quantitative estimate of drug-likeness (QED) is 0.378. The van der Waals surface area contributed by atoms with Gasteiger partial charge in [0.05, 0.1) is 12.0 Å². The van der Waals surface area contributed by atoms with Crippen LogP contribution in [0.25, 0.3) is 0 Å². The number of ether oxygens (including phenoxy) is 1. The molecule has 1 heterocycles. The highest BCUT2D eigenvalue weighted by Crippen LogP contribution is 2.43. The van der Waals surface area contributed by atoms with Crippen molar-refractivity contribution in [3.8, 4) is 5.75 Å². The third kappa shape index (κ3) is 2.82. The molecule has 0 aromatic heterocycles. The molecule has 1 aliphatic heterocycles. The van der Waals surface area contributed by atoms with E-state index in [0.29, 0.717) is 11.6 Å². The standard InChI is InChI=1S/C15H10BrCl2IO/c16-13-2-1-10(19)7-11(13)14(18)12-6-9(17)5-8-3-4-20-15(8)12/h1-2,5-7,14H,3-4H2. The van der Waals surface area contributed by atoms with Crippen LogP contribution < -0.4 is 4.74 Å². The highest BCUT2D eigenvalue weighted by molar-refractivity contribution is 14.1. The van der Waals surface area contributed by atoms with E-state index in [9.17, 15) is 0 Å². The van der Waals surface area contributed by atoms with E-state index in [-0.39, 0.29) is 5.38 Å². The molecule has 0 spiro atoms. The summed E-state index contributed by atoms with van der Waals surface area (Å²) in [6.45, 7) is 0.694. The van der Waals surface area contributed by atoms with Gasteiger partial charge in [0.15, 0.2) is 0 Å². The molecule has 0 saturated carbocycles. The van der Waals surface area contributed by atoms with E-state index in [1.165, 1.54) is 0 Å². The van der Waals surface area contributed by atoms with Crippen LogP contribution in [-0.2, 0) is 6.42 Å². The molecule has 0 N–H and O–H groups in total. The zero-order valence-corrected chi connectivity index (χ0v) is 15.6. The molecule has 1 atom stereocenters. The maximum Gasteiger partial charge on any atom is 0.127 e. The van der Waals surface area contributed by atoms with E-state index in [4.69, 9.17) is 27.9 Å². The molecule has 20 heavy (non-hydrogen) atoms. The Kier molecular flexibility index (Phi) is 4.51. The lowest BCUT2D eigenvalue weighted by molar-refractivity contribution is 0.353. The molecule has 3 rings (SSSR count). The van der Waals surface area contributed by atoms with Crippen molar-refractivity contribution in [1.82, 2.24) is 0 Å². The molecule has 2 aromatic carbocycles.